The molecule has 0 bridgehead atoms. The molecular formula is C18H23N3O3S. The number of para-hydroxylation sites is 2. The van der Waals surface area contributed by atoms with Crippen molar-refractivity contribution in [2.75, 3.05) is 32.6 Å². The summed E-state index contributed by atoms with van der Waals surface area (Å²) in [5, 5.41) is 9.32. The summed E-state index contributed by atoms with van der Waals surface area (Å²) in [7, 11) is 3.87. The van der Waals surface area contributed by atoms with E-state index in [0.717, 1.165) is 5.56 Å². The molecule has 1 aromatic heterocycles. The highest BCUT2D eigenvalue weighted by atomic mass is 32.1. The molecule has 25 heavy (non-hydrogen) atoms. The van der Waals surface area contributed by atoms with Crippen LogP contribution >= 0.6 is 11.3 Å². The molecule has 2 rings (SSSR count). The monoisotopic (exact) mass is 361 g/mol. The number of hydrogen-bond donors (Lipinski definition) is 2. The third-order valence-electron chi connectivity index (χ3n) is 3.65. The number of anilines is 1. The Morgan fingerprint density at radius 3 is 2.60 bits per heavy atom. The van der Waals surface area contributed by atoms with Crippen molar-refractivity contribution >= 4 is 28.8 Å². The normalized spacial score (nSPS) is 11.8. The first-order valence-corrected chi connectivity index (χ1v) is 8.96. The number of carbonyl (C=O) groups is 2. The number of carbonyl (C=O) groups excluding carboxylic acids is 2. The average Bonchev–Trinajstić information content (AvgIpc) is 3.10. The lowest BCUT2D eigenvalue weighted by atomic mass is 10.1. The summed E-state index contributed by atoms with van der Waals surface area (Å²) in [6, 6.07) is 9.05. The number of benzene rings is 1. The van der Waals surface area contributed by atoms with E-state index in [2.05, 4.69) is 10.6 Å². The van der Waals surface area contributed by atoms with Gasteiger partial charge in [-0.2, -0.15) is 11.3 Å². The smallest absolute Gasteiger partial charge is 0.313 e. The minimum Gasteiger partial charge on any atom is -0.492 e. The largest absolute Gasteiger partial charge is 0.492 e. The lowest BCUT2D eigenvalue weighted by Crippen LogP contribution is -2.40. The van der Waals surface area contributed by atoms with Crippen LogP contribution in [0.1, 0.15) is 18.5 Å². The molecule has 7 heteroatoms. The van der Waals surface area contributed by atoms with Crippen molar-refractivity contribution in [3.8, 4) is 5.75 Å². The number of thiophene rings is 1. The van der Waals surface area contributed by atoms with E-state index in [4.69, 9.17) is 4.74 Å². The number of hydrogen-bond acceptors (Lipinski definition) is 5. The molecule has 0 fully saturated rings. The molecule has 1 atom stereocenters. The van der Waals surface area contributed by atoms with Crippen LogP contribution < -0.4 is 15.4 Å². The van der Waals surface area contributed by atoms with Crippen LogP contribution in [-0.2, 0) is 9.59 Å². The van der Waals surface area contributed by atoms with E-state index in [1.165, 1.54) is 0 Å². The highest BCUT2D eigenvalue weighted by Gasteiger charge is 2.20. The number of nitrogens with zero attached hydrogens (tertiary/aromatic N) is 1. The fourth-order valence-corrected chi connectivity index (χ4v) is 3.07. The standard InChI is InChI=1S/C18H23N3O3S/c1-4-24-16-8-6-5-7-14(16)20-18(23)17(22)19-11-15(21(2)3)13-9-10-25-12-13/h5-10,12,15H,4,11H2,1-3H3,(H,19,22)(H,20,23). The van der Waals surface area contributed by atoms with Crippen molar-refractivity contribution in [2.45, 2.75) is 13.0 Å². The van der Waals surface area contributed by atoms with Crippen LogP contribution in [0.4, 0.5) is 5.69 Å². The molecule has 2 N–H and O–H groups in total. The summed E-state index contributed by atoms with van der Waals surface area (Å²) in [5.74, 6) is -0.848. The van der Waals surface area contributed by atoms with Gasteiger partial charge in [-0.3, -0.25) is 9.59 Å². The molecule has 0 saturated heterocycles. The predicted octanol–water partition coefficient (Wildman–Crippen LogP) is 2.50. The number of ether oxygens (including phenoxy) is 1. The van der Waals surface area contributed by atoms with Gasteiger partial charge in [0.25, 0.3) is 0 Å². The van der Waals surface area contributed by atoms with Gasteiger partial charge in [0.2, 0.25) is 0 Å². The van der Waals surface area contributed by atoms with E-state index < -0.39 is 11.8 Å². The zero-order chi connectivity index (χ0) is 18.2. The van der Waals surface area contributed by atoms with Crippen molar-refractivity contribution in [2.24, 2.45) is 0 Å². The van der Waals surface area contributed by atoms with Gasteiger partial charge in [-0.1, -0.05) is 12.1 Å². The zero-order valence-corrected chi connectivity index (χ0v) is 15.4. The van der Waals surface area contributed by atoms with E-state index in [1.807, 2.05) is 48.8 Å². The van der Waals surface area contributed by atoms with Crippen molar-refractivity contribution in [3.63, 3.8) is 0 Å². The van der Waals surface area contributed by atoms with Crippen molar-refractivity contribution < 1.29 is 14.3 Å². The second-order valence-electron chi connectivity index (χ2n) is 5.63. The van der Waals surface area contributed by atoms with Gasteiger partial charge in [0.1, 0.15) is 5.75 Å². The zero-order valence-electron chi connectivity index (χ0n) is 14.6. The van der Waals surface area contributed by atoms with E-state index in [0.29, 0.717) is 24.6 Å². The van der Waals surface area contributed by atoms with Crippen LogP contribution in [0.25, 0.3) is 0 Å². The molecule has 1 unspecified atom stereocenters. The van der Waals surface area contributed by atoms with Gasteiger partial charge in [-0.15, -0.1) is 0 Å². The maximum atomic E-state index is 12.1. The SMILES string of the molecule is CCOc1ccccc1NC(=O)C(=O)NCC(c1ccsc1)N(C)C. The second-order valence-corrected chi connectivity index (χ2v) is 6.41. The van der Waals surface area contributed by atoms with Crippen molar-refractivity contribution in [1.29, 1.82) is 0 Å². The van der Waals surface area contributed by atoms with Crippen LogP contribution in [0.15, 0.2) is 41.1 Å². The second kappa shape index (κ2) is 9.19. The summed E-state index contributed by atoms with van der Waals surface area (Å²) in [6.07, 6.45) is 0. The maximum absolute atomic E-state index is 12.1. The Morgan fingerprint density at radius 2 is 1.96 bits per heavy atom. The molecule has 0 aliphatic heterocycles. The summed E-state index contributed by atoms with van der Waals surface area (Å²) < 4.78 is 5.44. The molecule has 0 saturated carbocycles. The maximum Gasteiger partial charge on any atom is 0.313 e. The van der Waals surface area contributed by atoms with Gasteiger partial charge in [-0.25, -0.2) is 0 Å². The Kier molecular flexibility index (Phi) is 6.97. The van der Waals surface area contributed by atoms with E-state index >= 15 is 0 Å². The van der Waals surface area contributed by atoms with Gasteiger partial charge in [0.15, 0.2) is 0 Å². The molecule has 2 aromatic rings. The molecule has 0 spiro atoms. The van der Waals surface area contributed by atoms with Gasteiger partial charge >= 0.3 is 11.8 Å². The topological polar surface area (TPSA) is 70.7 Å². The Balaban J connectivity index is 1.95. The lowest BCUT2D eigenvalue weighted by Gasteiger charge is -2.23. The predicted molar refractivity (Wildman–Crippen MR) is 100.0 cm³/mol. The van der Waals surface area contributed by atoms with Crippen LogP contribution in [0.5, 0.6) is 5.75 Å². The molecule has 0 aliphatic carbocycles. The summed E-state index contributed by atoms with van der Waals surface area (Å²) in [6.45, 7) is 2.68. The molecule has 2 amide bonds. The van der Waals surface area contributed by atoms with E-state index in [9.17, 15) is 9.59 Å². The van der Waals surface area contributed by atoms with Gasteiger partial charge in [-0.05, 0) is 55.5 Å². The number of nitrogens with one attached hydrogen (secondary N) is 2. The van der Waals surface area contributed by atoms with Crippen LogP contribution in [0.2, 0.25) is 0 Å². The van der Waals surface area contributed by atoms with Crippen LogP contribution in [-0.4, -0.2) is 44.0 Å². The van der Waals surface area contributed by atoms with Gasteiger partial charge in [0, 0.05) is 6.54 Å². The molecule has 1 heterocycles. The first-order chi connectivity index (χ1) is 12.0. The molecule has 134 valence electrons. The van der Waals surface area contributed by atoms with Crippen LogP contribution in [0, 0.1) is 0 Å². The summed E-state index contributed by atoms with van der Waals surface area (Å²) >= 11 is 1.60. The molecule has 0 aliphatic rings. The summed E-state index contributed by atoms with van der Waals surface area (Å²) in [5.41, 5.74) is 1.59. The average molecular weight is 361 g/mol. The fourth-order valence-electron chi connectivity index (χ4n) is 2.36. The molecule has 0 radical (unpaired) electrons. The minimum absolute atomic E-state index is 0.0127. The highest BCUT2D eigenvalue weighted by molar-refractivity contribution is 7.07. The van der Waals surface area contributed by atoms with Crippen LogP contribution in [0.3, 0.4) is 0 Å². The minimum atomic E-state index is -0.713. The molecule has 1 aromatic carbocycles. The molecule has 6 nitrogen and oxygen atoms in total. The Morgan fingerprint density at radius 1 is 1.20 bits per heavy atom. The Bertz CT molecular complexity index is 701. The number of rotatable bonds is 7. The first-order valence-electron chi connectivity index (χ1n) is 8.02. The van der Waals surface area contributed by atoms with E-state index in [-0.39, 0.29) is 6.04 Å². The van der Waals surface area contributed by atoms with Gasteiger partial charge < -0.3 is 20.3 Å². The van der Waals surface area contributed by atoms with Crippen molar-refractivity contribution in [3.05, 3.63) is 46.7 Å². The quantitative estimate of drug-likeness (QED) is 0.744. The summed E-state index contributed by atoms with van der Waals surface area (Å²) in [4.78, 5) is 26.3. The van der Waals surface area contributed by atoms with Gasteiger partial charge in [0.05, 0.1) is 18.3 Å². The number of amides is 2. The number of likely N-dealkylation sites (N-methyl/N-ethyl adjacent to an activating group) is 1. The van der Waals surface area contributed by atoms with E-state index in [1.54, 1.807) is 29.5 Å². The Hall–Kier alpha value is -2.38. The lowest BCUT2D eigenvalue weighted by molar-refractivity contribution is -0.136. The fraction of sp³-hybridized carbons (Fsp3) is 0.333. The third kappa shape index (κ3) is 5.30. The first kappa shape index (κ1) is 19.0. The molecular weight excluding hydrogens is 338 g/mol. The van der Waals surface area contributed by atoms with Crippen molar-refractivity contribution in [1.82, 2.24) is 10.2 Å². The highest BCUT2D eigenvalue weighted by Crippen LogP contribution is 2.23. The Labute approximate surface area is 151 Å². The third-order valence-corrected chi connectivity index (χ3v) is 4.35.